The lowest BCUT2D eigenvalue weighted by Crippen LogP contribution is -2.38. The largest absolute Gasteiger partial charge is 0.361 e. The Morgan fingerprint density at radius 3 is 1.90 bits per heavy atom. The van der Waals surface area contributed by atoms with Crippen molar-refractivity contribution in [3.05, 3.63) is 144 Å². The molecule has 7 heteroatoms. The van der Waals surface area contributed by atoms with Crippen molar-refractivity contribution in [3.63, 3.8) is 0 Å². The van der Waals surface area contributed by atoms with Crippen LogP contribution in [0.2, 0.25) is 30.7 Å². The summed E-state index contributed by atoms with van der Waals surface area (Å²) in [6.45, 7) is 8.23. The molecule has 212 valence electrons. The average molecular weight is 591 g/mol. The van der Waals surface area contributed by atoms with Crippen molar-refractivity contribution in [1.82, 2.24) is 19.3 Å². The van der Waals surface area contributed by atoms with E-state index < -0.39 is 13.6 Å². The van der Waals surface area contributed by atoms with Gasteiger partial charge in [-0.05, 0) is 28.8 Å². The zero-order valence-corrected chi connectivity index (χ0v) is 26.0. The van der Waals surface area contributed by atoms with Crippen molar-refractivity contribution in [2.45, 2.75) is 38.0 Å². The molecule has 0 aliphatic heterocycles. The maximum Gasteiger partial charge on any atom is 0.143 e. The van der Waals surface area contributed by atoms with Crippen molar-refractivity contribution in [1.29, 1.82) is 0 Å². The highest BCUT2D eigenvalue weighted by Crippen LogP contribution is 2.42. The van der Waals surface area contributed by atoms with E-state index in [0.29, 0.717) is 11.8 Å². The van der Waals surface area contributed by atoms with Crippen molar-refractivity contribution in [2.24, 2.45) is 0 Å². The standard InChI is InChI=1S/C35H35ClN4OSi/c1-42(2,3)22-21-41-26-39-25-31(33-32(36)19-20-37-34(33)39)27-23-38-40(24-27)35(28-13-7-4-8-14-28,29-15-9-5-10-16-29)30-17-11-6-12-18-30/h4-20,23-25H,21-22,26H2,1-3H3. The van der Waals surface area contributed by atoms with Gasteiger partial charge in [0, 0.05) is 49.8 Å². The molecular weight excluding hydrogens is 556 g/mol. The first-order valence-electron chi connectivity index (χ1n) is 14.3. The topological polar surface area (TPSA) is 44.9 Å². The molecule has 0 saturated carbocycles. The molecule has 6 aromatic rings. The summed E-state index contributed by atoms with van der Waals surface area (Å²) in [6.07, 6.45) is 7.90. The van der Waals surface area contributed by atoms with Crippen molar-refractivity contribution >= 4 is 30.7 Å². The Labute approximate surface area is 253 Å². The monoisotopic (exact) mass is 590 g/mol. The van der Waals surface area contributed by atoms with Crippen LogP contribution < -0.4 is 0 Å². The van der Waals surface area contributed by atoms with Gasteiger partial charge in [0.25, 0.3) is 0 Å². The van der Waals surface area contributed by atoms with Gasteiger partial charge in [-0.2, -0.15) is 5.10 Å². The van der Waals surface area contributed by atoms with E-state index in [1.54, 1.807) is 6.20 Å². The highest BCUT2D eigenvalue weighted by molar-refractivity contribution is 6.76. The molecule has 0 atom stereocenters. The van der Waals surface area contributed by atoms with E-state index in [9.17, 15) is 0 Å². The molecule has 0 aliphatic carbocycles. The van der Waals surface area contributed by atoms with Crippen LogP contribution in [0.5, 0.6) is 0 Å². The fourth-order valence-electron chi connectivity index (χ4n) is 5.62. The van der Waals surface area contributed by atoms with E-state index in [4.69, 9.17) is 26.4 Å². The number of benzene rings is 3. The normalized spacial score (nSPS) is 12.2. The molecule has 0 N–H and O–H groups in total. The minimum Gasteiger partial charge on any atom is -0.361 e. The summed E-state index contributed by atoms with van der Waals surface area (Å²) < 4.78 is 10.3. The Balaban J connectivity index is 1.50. The maximum atomic E-state index is 6.82. The number of ether oxygens (including phenoxy) is 1. The van der Waals surface area contributed by atoms with Gasteiger partial charge < -0.3 is 9.30 Å². The second kappa shape index (κ2) is 11.7. The molecular formula is C35H35ClN4OSi. The third-order valence-corrected chi connectivity index (χ3v) is 9.76. The average Bonchev–Trinajstić information content (AvgIpc) is 3.63. The van der Waals surface area contributed by atoms with E-state index in [-0.39, 0.29) is 0 Å². The lowest BCUT2D eigenvalue weighted by Gasteiger charge is -2.36. The molecule has 5 nitrogen and oxygen atoms in total. The summed E-state index contributed by atoms with van der Waals surface area (Å²) in [5.41, 5.74) is 5.41. The number of hydrogen-bond acceptors (Lipinski definition) is 3. The zero-order valence-electron chi connectivity index (χ0n) is 24.2. The second-order valence-corrected chi connectivity index (χ2v) is 17.9. The molecule has 0 unspecified atom stereocenters. The number of aromatic nitrogens is 4. The van der Waals surface area contributed by atoms with Gasteiger partial charge in [-0.25, -0.2) is 4.98 Å². The maximum absolute atomic E-state index is 6.82. The number of halogens is 1. The number of fused-ring (bicyclic) bond motifs is 1. The third kappa shape index (κ3) is 5.33. The van der Waals surface area contributed by atoms with Crippen LogP contribution in [0.1, 0.15) is 16.7 Å². The van der Waals surface area contributed by atoms with Gasteiger partial charge in [0.2, 0.25) is 0 Å². The molecule has 42 heavy (non-hydrogen) atoms. The molecule has 3 aromatic heterocycles. The molecule has 0 amide bonds. The number of hydrogen-bond donors (Lipinski definition) is 0. The Hall–Kier alpha value is -3.97. The molecule has 0 saturated heterocycles. The van der Waals surface area contributed by atoms with Gasteiger partial charge in [0.05, 0.1) is 11.2 Å². The summed E-state index contributed by atoms with van der Waals surface area (Å²) in [6, 6.07) is 34.6. The van der Waals surface area contributed by atoms with Crippen molar-refractivity contribution in [2.75, 3.05) is 6.61 Å². The predicted octanol–water partition coefficient (Wildman–Crippen LogP) is 8.71. The zero-order chi connectivity index (χ0) is 29.2. The molecule has 0 spiro atoms. The van der Waals surface area contributed by atoms with Crippen molar-refractivity contribution < 1.29 is 4.74 Å². The molecule has 0 aliphatic rings. The fourth-order valence-corrected chi connectivity index (χ4v) is 6.61. The minimum atomic E-state index is -1.19. The molecule has 0 fully saturated rings. The fraction of sp³-hybridized carbons (Fsp3) is 0.200. The smallest absolute Gasteiger partial charge is 0.143 e. The summed E-state index contributed by atoms with van der Waals surface area (Å²) in [5.74, 6) is 0. The Bertz CT molecular complexity index is 1680. The Morgan fingerprint density at radius 1 is 0.786 bits per heavy atom. The quantitative estimate of drug-likeness (QED) is 0.0910. The summed E-state index contributed by atoms with van der Waals surface area (Å²) >= 11 is 6.82. The summed E-state index contributed by atoms with van der Waals surface area (Å²) in [4.78, 5) is 4.69. The summed E-state index contributed by atoms with van der Waals surface area (Å²) in [5, 5.41) is 6.62. The molecule has 3 heterocycles. The van der Waals surface area contributed by atoms with Gasteiger partial charge >= 0.3 is 0 Å². The first-order chi connectivity index (χ1) is 20.4. The van der Waals surface area contributed by atoms with E-state index in [1.165, 1.54) is 0 Å². The van der Waals surface area contributed by atoms with E-state index in [0.717, 1.165) is 51.5 Å². The number of nitrogens with zero attached hydrogens (tertiary/aromatic N) is 4. The molecule has 3 aromatic carbocycles. The highest BCUT2D eigenvalue weighted by atomic mass is 35.5. The first-order valence-corrected chi connectivity index (χ1v) is 18.4. The number of pyridine rings is 1. The van der Waals surface area contributed by atoms with Crippen LogP contribution in [-0.4, -0.2) is 34.0 Å². The van der Waals surface area contributed by atoms with Gasteiger partial charge in [-0.3, -0.25) is 4.68 Å². The van der Waals surface area contributed by atoms with Crippen LogP contribution in [0.4, 0.5) is 0 Å². The van der Waals surface area contributed by atoms with Crippen LogP contribution in [0, 0.1) is 0 Å². The first kappa shape index (κ1) is 28.2. The summed E-state index contributed by atoms with van der Waals surface area (Å²) in [7, 11) is -1.19. The van der Waals surface area contributed by atoms with Crippen LogP contribution in [-0.2, 0) is 17.0 Å². The third-order valence-electron chi connectivity index (χ3n) is 7.75. The van der Waals surface area contributed by atoms with Gasteiger partial charge in [-0.1, -0.05) is 122 Å². The lowest BCUT2D eigenvalue weighted by atomic mass is 9.77. The minimum absolute atomic E-state index is 0.421. The number of rotatable bonds is 10. The van der Waals surface area contributed by atoms with Gasteiger partial charge in [-0.15, -0.1) is 0 Å². The van der Waals surface area contributed by atoms with Crippen molar-refractivity contribution in [3.8, 4) is 11.1 Å². The Morgan fingerprint density at radius 2 is 1.36 bits per heavy atom. The van der Waals surface area contributed by atoms with E-state index >= 15 is 0 Å². The van der Waals surface area contributed by atoms with Crippen LogP contribution in [0.3, 0.4) is 0 Å². The molecule has 0 bridgehead atoms. The SMILES string of the molecule is C[Si](C)(C)CCOCn1cc(-c2cnn(C(c3ccccc3)(c3ccccc3)c3ccccc3)c2)c2c(Cl)ccnc21. The van der Waals surface area contributed by atoms with Crippen LogP contribution in [0.15, 0.2) is 122 Å². The van der Waals surface area contributed by atoms with Gasteiger partial charge in [0.1, 0.15) is 17.9 Å². The van der Waals surface area contributed by atoms with E-state index in [1.807, 2.05) is 30.5 Å². The van der Waals surface area contributed by atoms with Gasteiger partial charge in [0.15, 0.2) is 0 Å². The van der Waals surface area contributed by atoms with Crippen LogP contribution in [0.25, 0.3) is 22.2 Å². The Kier molecular flexibility index (Phi) is 7.86. The predicted molar refractivity (Wildman–Crippen MR) is 175 cm³/mol. The lowest BCUT2D eigenvalue weighted by molar-refractivity contribution is 0.0899. The molecule has 6 rings (SSSR count). The molecule has 0 radical (unpaired) electrons. The van der Waals surface area contributed by atoms with Crippen LogP contribution >= 0.6 is 11.6 Å². The van der Waals surface area contributed by atoms with E-state index in [2.05, 4.69) is 114 Å². The second-order valence-electron chi connectivity index (χ2n) is 11.8. The highest BCUT2D eigenvalue weighted by Gasteiger charge is 2.39.